The van der Waals surface area contributed by atoms with Crippen LogP contribution in [0.3, 0.4) is 0 Å². The topological polar surface area (TPSA) is 136 Å². The van der Waals surface area contributed by atoms with Gasteiger partial charge in [-0.3, -0.25) is 9.13 Å². The summed E-state index contributed by atoms with van der Waals surface area (Å²) in [6.45, 7) is 0. The first-order chi connectivity index (χ1) is 42.3. The molecule has 0 amide bonds. The molecule has 0 aliphatic heterocycles. The third kappa shape index (κ3) is 9.19. The van der Waals surface area contributed by atoms with E-state index in [2.05, 4.69) is 73.6 Å². The number of ether oxygens (including phenoxy) is 2. The largest absolute Gasteiger partial charge is 0.569 e. The highest BCUT2D eigenvalue weighted by Gasteiger charge is 2.27. The van der Waals surface area contributed by atoms with E-state index < -0.39 is 0 Å². The Hall–Kier alpha value is -10.7. The van der Waals surface area contributed by atoms with Gasteiger partial charge < -0.3 is 28.0 Å². The van der Waals surface area contributed by atoms with Crippen molar-refractivity contribution >= 4 is 111 Å². The highest BCUT2D eigenvalue weighted by molar-refractivity contribution is 9.10. The molecular formula is C70H45BBrF2N6O6. The fraction of sp³-hybridized carbons (Fsp3) is 0.0286. The molecule has 0 atom stereocenters. The van der Waals surface area contributed by atoms with Crippen molar-refractivity contribution in [3.8, 4) is 62.8 Å². The Morgan fingerprint density at radius 2 is 0.814 bits per heavy atom. The molecule has 415 valence electrons. The van der Waals surface area contributed by atoms with Crippen molar-refractivity contribution in [1.29, 1.82) is 0 Å². The number of fused-ring (bicyclic) bond motifs is 12. The van der Waals surface area contributed by atoms with E-state index in [0.29, 0.717) is 97.2 Å². The second-order valence-corrected chi connectivity index (χ2v) is 20.7. The first-order valence-corrected chi connectivity index (χ1v) is 28.1. The Labute approximate surface area is 498 Å². The van der Waals surface area contributed by atoms with Gasteiger partial charge in [-0.1, -0.05) is 164 Å². The van der Waals surface area contributed by atoms with Gasteiger partial charge in [-0.15, -0.1) is 0 Å². The molecule has 6 aromatic heterocycles. The minimum absolute atomic E-state index is 0.215. The number of rotatable bonds is 9. The minimum atomic E-state index is -0.334. The molecule has 16 aromatic rings. The van der Waals surface area contributed by atoms with Crippen molar-refractivity contribution < 1.29 is 36.8 Å². The van der Waals surface area contributed by atoms with Gasteiger partial charge in [0.2, 0.25) is 17.6 Å². The average Bonchev–Trinajstić information content (AvgIpc) is 1.79. The van der Waals surface area contributed by atoms with Crippen LogP contribution < -0.4 is 14.1 Å². The SMILES string of the molecule is COc1c(-c2ccccc2F)ccc2c1oc1c(-c3ccccc3)nc(-n3c4ccccc4c4ccccc43)nc12.COc1c(O[B]O)ccc2c1oc1c(-c3ccccc3)nc(-n3c4ccccc4c4ccccc43)nc12.Fc1ccccc1Br. The molecule has 0 aliphatic carbocycles. The molecule has 0 aliphatic rings. The molecule has 0 unspecified atom stereocenters. The van der Waals surface area contributed by atoms with Gasteiger partial charge in [0.15, 0.2) is 28.1 Å². The molecule has 1 N–H and O–H groups in total. The second-order valence-electron chi connectivity index (χ2n) is 19.9. The van der Waals surface area contributed by atoms with E-state index in [-0.39, 0.29) is 11.6 Å². The molecule has 16 heteroatoms. The zero-order valence-electron chi connectivity index (χ0n) is 45.8. The first kappa shape index (κ1) is 53.3. The lowest BCUT2D eigenvalue weighted by molar-refractivity contribution is 0.380. The molecule has 6 heterocycles. The fourth-order valence-corrected chi connectivity index (χ4v) is 11.5. The van der Waals surface area contributed by atoms with Crippen LogP contribution in [0.1, 0.15) is 0 Å². The number of hydrogen-bond donors (Lipinski definition) is 1. The van der Waals surface area contributed by atoms with Crippen LogP contribution in [-0.2, 0) is 0 Å². The molecule has 16 rings (SSSR count). The van der Waals surface area contributed by atoms with Crippen LogP contribution in [0.15, 0.2) is 244 Å². The van der Waals surface area contributed by atoms with Gasteiger partial charge in [0.05, 0.1) is 51.5 Å². The minimum Gasteiger partial charge on any atom is -0.535 e. The highest BCUT2D eigenvalue weighted by atomic mass is 79.9. The maximum Gasteiger partial charge on any atom is 0.569 e. The Balaban J connectivity index is 0.000000135. The van der Waals surface area contributed by atoms with Crippen LogP contribution >= 0.6 is 15.9 Å². The van der Waals surface area contributed by atoms with Gasteiger partial charge in [0.1, 0.15) is 39.8 Å². The molecule has 12 nitrogen and oxygen atoms in total. The summed E-state index contributed by atoms with van der Waals surface area (Å²) in [6, 6.07) is 73.4. The monoisotopic (exact) mass is 1190 g/mol. The zero-order valence-corrected chi connectivity index (χ0v) is 47.4. The molecule has 0 spiro atoms. The Morgan fingerprint density at radius 1 is 0.407 bits per heavy atom. The van der Waals surface area contributed by atoms with Crippen LogP contribution in [0.4, 0.5) is 8.78 Å². The highest BCUT2D eigenvalue weighted by Crippen LogP contribution is 2.46. The number of methoxy groups -OCH3 is 2. The maximum absolute atomic E-state index is 14.8. The Kier molecular flexibility index (Phi) is 13.9. The van der Waals surface area contributed by atoms with E-state index >= 15 is 0 Å². The summed E-state index contributed by atoms with van der Waals surface area (Å²) in [6.07, 6.45) is 0. The van der Waals surface area contributed by atoms with Crippen molar-refractivity contribution in [3.63, 3.8) is 0 Å². The molecule has 0 saturated carbocycles. The van der Waals surface area contributed by atoms with Crippen LogP contribution in [0.2, 0.25) is 0 Å². The van der Waals surface area contributed by atoms with Gasteiger partial charge in [0, 0.05) is 43.8 Å². The molecule has 10 aromatic carbocycles. The van der Waals surface area contributed by atoms with E-state index in [1.807, 2.05) is 127 Å². The predicted octanol–water partition coefficient (Wildman–Crippen LogP) is 17.6. The molecule has 0 saturated heterocycles. The van der Waals surface area contributed by atoms with Gasteiger partial charge >= 0.3 is 7.69 Å². The molecular weight excluding hydrogens is 1150 g/mol. The van der Waals surface area contributed by atoms with Crippen molar-refractivity contribution in [2.75, 3.05) is 14.2 Å². The van der Waals surface area contributed by atoms with Gasteiger partial charge in [-0.25, -0.2) is 28.7 Å². The second kappa shape index (κ2) is 22.5. The van der Waals surface area contributed by atoms with Crippen molar-refractivity contribution in [2.24, 2.45) is 0 Å². The lowest BCUT2D eigenvalue weighted by Crippen LogP contribution is -2.02. The standard InChI is InChI=1S/C35H22FN3O2.C29H19BN3O4.C6H4BrF/c1-40-32-25(22-13-5-8-16-27(22)36)19-20-26-31-34(41-33(26)32)30(21-11-3-2-4-12-21)37-35(38-31)39-28-17-9-6-14-23(28)24-15-7-10-18-29(24)39;1-35-27-23(37-30-34)16-15-20-25-28(36-26(20)27)24(17-9-3-2-4-10-17)31-29(32-25)33-21-13-7-5-11-18(21)19-12-6-8-14-22(19)33;7-5-3-1-2-4-6(5)8/h2-20H,1H3;2-16,34H,1H3;1-4H. The number of benzene rings is 10. The third-order valence-corrected chi connectivity index (χ3v) is 15.7. The predicted molar refractivity (Wildman–Crippen MR) is 339 cm³/mol. The summed E-state index contributed by atoms with van der Waals surface area (Å²) in [5.41, 5.74) is 11.6. The number of hydrogen-bond acceptors (Lipinski definition) is 10. The summed E-state index contributed by atoms with van der Waals surface area (Å²) in [4.78, 5) is 20.3. The van der Waals surface area contributed by atoms with Crippen molar-refractivity contribution in [1.82, 2.24) is 29.1 Å². The summed E-state index contributed by atoms with van der Waals surface area (Å²) in [5.74, 6) is 1.66. The third-order valence-electron chi connectivity index (χ3n) is 15.0. The van der Waals surface area contributed by atoms with Gasteiger partial charge in [0.25, 0.3) is 0 Å². The number of halogens is 3. The molecule has 86 heavy (non-hydrogen) atoms. The summed E-state index contributed by atoms with van der Waals surface area (Å²) in [7, 11) is 3.71. The molecule has 0 fully saturated rings. The van der Waals surface area contributed by atoms with E-state index in [1.54, 1.807) is 49.6 Å². The van der Waals surface area contributed by atoms with Gasteiger partial charge in [-0.05, 0) is 82.7 Å². The number of furan rings is 2. The first-order valence-electron chi connectivity index (χ1n) is 27.3. The van der Waals surface area contributed by atoms with Crippen LogP contribution in [0.5, 0.6) is 17.2 Å². The van der Waals surface area contributed by atoms with Crippen LogP contribution in [0.25, 0.3) is 133 Å². The van der Waals surface area contributed by atoms with E-state index in [1.165, 1.54) is 19.2 Å². The summed E-state index contributed by atoms with van der Waals surface area (Å²) >= 11 is 3.02. The summed E-state index contributed by atoms with van der Waals surface area (Å²) in [5, 5.41) is 15.2. The number of nitrogens with zero attached hydrogens (tertiary/aromatic N) is 6. The van der Waals surface area contributed by atoms with Crippen LogP contribution in [-0.4, -0.2) is 56.0 Å². The number of aromatic nitrogens is 6. The van der Waals surface area contributed by atoms with Crippen molar-refractivity contribution in [3.05, 3.63) is 247 Å². The molecule has 0 bridgehead atoms. The lowest BCUT2D eigenvalue weighted by Gasteiger charge is -2.10. The zero-order chi connectivity index (χ0) is 58.4. The Bertz CT molecular complexity index is 5120. The van der Waals surface area contributed by atoms with E-state index in [9.17, 15) is 13.8 Å². The average molecular weight is 1190 g/mol. The van der Waals surface area contributed by atoms with E-state index in [0.717, 1.165) is 65.5 Å². The fourth-order valence-electron chi connectivity index (χ4n) is 11.3. The number of para-hydroxylation sites is 4. The van der Waals surface area contributed by atoms with Crippen molar-refractivity contribution in [2.45, 2.75) is 0 Å². The Morgan fingerprint density at radius 3 is 1.24 bits per heavy atom. The van der Waals surface area contributed by atoms with Gasteiger partial charge in [-0.2, -0.15) is 0 Å². The maximum atomic E-state index is 14.8. The smallest absolute Gasteiger partial charge is 0.535 e. The normalized spacial score (nSPS) is 11.4. The lowest BCUT2D eigenvalue weighted by atomic mass is 10.0. The quantitative estimate of drug-likeness (QED) is 0.139. The molecule has 1 radical (unpaired) electrons. The van der Waals surface area contributed by atoms with Crippen LogP contribution in [0, 0.1) is 11.6 Å². The summed E-state index contributed by atoms with van der Waals surface area (Å²) < 4.78 is 61.4. The van der Waals surface area contributed by atoms with E-state index in [4.69, 9.17) is 42.9 Å².